The van der Waals surface area contributed by atoms with Gasteiger partial charge in [-0.05, 0) is 24.0 Å². The molecule has 0 fully saturated rings. The Morgan fingerprint density at radius 3 is 2.54 bits per heavy atom. The van der Waals surface area contributed by atoms with E-state index in [0.717, 1.165) is 16.9 Å². The molecule has 0 aliphatic rings. The molecular weight excluding hydrogens is 336 g/mol. The number of carbonyl (C=O) groups excluding carboxylic acids is 1. The molecule has 5 heteroatoms. The molecule has 0 spiro atoms. The molecule has 0 amide bonds. The number of rotatable bonds is 5. The number of allylic oxidation sites excluding steroid dienone is 1. The molecule has 0 heterocycles. The number of hydrogen-bond donors (Lipinski definition) is 0. The first-order valence-electron chi connectivity index (χ1n) is 7.27. The van der Waals surface area contributed by atoms with E-state index in [1.165, 1.54) is 29.6 Å². The number of hydrogen-bond acceptors (Lipinski definition) is 5. The van der Waals surface area contributed by atoms with E-state index in [1.807, 2.05) is 55.6 Å². The smallest absolute Gasteiger partial charge is 0.207 e. The summed E-state index contributed by atoms with van der Waals surface area (Å²) in [5.74, 6) is 0.667. The fraction of sp³-hybridized carbons (Fsp3) is 0.105. The minimum Gasteiger partial charge on any atom is -0.289 e. The van der Waals surface area contributed by atoms with Crippen LogP contribution < -0.4 is 0 Å². The van der Waals surface area contributed by atoms with E-state index in [2.05, 4.69) is 4.99 Å². The molecule has 120 valence electrons. The van der Waals surface area contributed by atoms with E-state index >= 15 is 0 Å². The molecule has 24 heavy (non-hydrogen) atoms. The summed E-state index contributed by atoms with van der Waals surface area (Å²) in [7, 11) is 0. The Morgan fingerprint density at radius 2 is 1.88 bits per heavy atom. The second-order valence-electron chi connectivity index (χ2n) is 4.90. The van der Waals surface area contributed by atoms with Crippen LogP contribution in [0.25, 0.3) is 0 Å². The predicted octanol–water partition coefficient (Wildman–Crippen LogP) is 5.20. The average molecular weight is 352 g/mol. The number of carbonyl (C=O) groups is 1. The predicted molar refractivity (Wildman–Crippen MR) is 103 cm³/mol. The van der Waals surface area contributed by atoms with Gasteiger partial charge >= 0.3 is 0 Å². The monoisotopic (exact) mass is 352 g/mol. The molecule has 0 bridgehead atoms. The second kappa shape index (κ2) is 9.76. The molecule has 2 rings (SSSR count). The summed E-state index contributed by atoms with van der Waals surface area (Å²) in [4.78, 5) is 15.9. The van der Waals surface area contributed by atoms with Gasteiger partial charge in [0.15, 0.2) is 5.78 Å². The second-order valence-corrected chi connectivity index (χ2v) is 7.02. The summed E-state index contributed by atoms with van der Waals surface area (Å²) in [5.41, 5.74) is 2.92. The van der Waals surface area contributed by atoms with Gasteiger partial charge < -0.3 is 0 Å². The Kier molecular flexibility index (Phi) is 7.34. The summed E-state index contributed by atoms with van der Waals surface area (Å²) in [5, 5.41) is 10.5. The highest BCUT2D eigenvalue weighted by atomic mass is 32.2. The van der Waals surface area contributed by atoms with Crippen LogP contribution in [0.4, 0.5) is 0 Å². The highest BCUT2D eigenvalue weighted by Gasteiger charge is 2.03. The van der Waals surface area contributed by atoms with Crippen molar-refractivity contribution in [2.24, 2.45) is 4.99 Å². The quantitative estimate of drug-likeness (QED) is 0.244. The molecular formula is C19H16N2OS2. The van der Waals surface area contributed by atoms with Gasteiger partial charge in [-0.15, -0.1) is 0 Å². The summed E-state index contributed by atoms with van der Waals surface area (Å²) >= 11 is 2.76. The Labute approximate surface area is 150 Å². The normalized spacial score (nSPS) is 11.4. The zero-order chi connectivity index (χ0) is 17.2. The highest BCUT2D eigenvalue weighted by Crippen LogP contribution is 2.22. The lowest BCUT2D eigenvalue weighted by molar-refractivity contribution is 0.104. The van der Waals surface area contributed by atoms with E-state index < -0.39 is 0 Å². The zero-order valence-corrected chi connectivity index (χ0v) is 14.8. The van der Waals surface area contributed by atoms with Gasteiger partial charge in [0.1, 0.15) is 4.38 Å². The first kappa shape index (κ1) is 18.1. The summed E-state index contributed by atoms with van der Waals surface area (Å²) in [6, 6.07) is 17.4. The first-order valence-corrected chi connectivity index (χ1v) is 9.13. The van der Waals surface area contributed by atoms with Gasteiger partial charge in [-0.3, -0.25) is 4.79 Å². The lowest BCUT2D eigenvalue weighted by atomic mass is 10.1. The van der Waals surface area contributed by atoms with Crippen molar-refractivity contribution in [1.82, 2.24) is 0 Å². The Hall–Kier alpha value is -2.29. The van der Waals surface area contributed by atoms with Crippen LogP contribution in [0.5, 0.6) is 0 Å². The molecule has 0 unspecified atom stereocenters. The van der Waals surface area contributed by atoms with Gasteiger partial charge in [-0.1, -0.05) is 83.7 Å². The number of aryl methyl sites for hydroxylation is 1. The largest absolute Gasteiger partial charge is 0.289 e. The molecule has 3 nitrogen and oxygen atoms in total. The molecule has 0 atom stereocenters. The van der Waals surface area contributed by atoms with Crippen LogP contribution >= 0.6 is 23.5 Å². The molecule has 0 N–H and O–H groups in total. The van der Waals surface area contributed by atoms with E-state index in [0.29, 0.717) is 9.94 Å². The molecule has 0 aliphatic carbocycles. The molecule has 2 aromatic carbocycles. The van der Waals surface area contributed by atoms with Gasteiger partial charge in [0.2, 0.25) is 6.19 Å². The standard InChI is InChI=1S/C19H16N2OS2/c1-15-7-9-17(10-8-15)18(22)11-12-23-19(21-14-20)24-13-16-5-3-2-4-6-16/h2-12H,13H2,1H3. The van der Waals surface area contributed by atoms with E-state index in [1.54, 1.807) is 17.5 Å². The van der Waals surface area contributed by atoms with Crippen molar-refractivity contribution in [1.29, 1.82) is 5.26 Å². The van der Waals surface area contributed by atoms with Crippen LogP contribution in [-0.2, 0) is 5.75 Å². The molecule has 0 aromatic heterocycles. The van der Waals surface area contributed by atoms with Crippen LogP contribution in [0.15, 0.2) is 71.1 Å². The van der Waals surface area contributed by atoms with Crippen molar-refractivity contribution >= 4 is 33.7 Å². The third kappa shape index (κ3) is 6.07. The number of nitrogens with zero attached hydrogens (tertiary/aromatic N) is 2. The van der Waals surface area contributed by atoms with Crippen LogP contribution in [0.3, 0.4) is 0 Å². The Morgan fingerprint density at radius 1 is 1.17 bits per heavy atom. The Balaban J connectivity index is 1.91. The lowest BCUT2D eigenvalue weighted by Crippen LogP contribution is -1.93. The van der Waals surface area contributed by atoms with Crippen molar-refractivity contribution in [3.05, 3.63) is 82.8 Å². The van der Waals surface area contributed by atoms with Crippen LogP contribution in [-0.4, -0.2) is 10.2 Å². The van der Waals surface area contributed by atoms with Crippen molar-refractivity contribution in [2.75, 3.05) is 0 Å². The van der Waals surface area contributed by atoms with E-state index in [-0.39, 0.29) is 5.78 Å². The minimum absolute atomic E-state index is 0.0631. The number of thioether (sulfide) groups is 2. The fourth-order valence-corrected chi connectivity index (χ4v) is 3.43. The summed E-state index contributed by atoms with van der Waals surface area (Å²) in [6.07, 6.45) is 3.31. The van der Waals surface area contributed by atoms with Crippen molar-refractivity contribution in [3.8, 4) is 6.19 Å². The van der Waals surface area contributed by atoms with Crippen molar-refractivity contribution in [2.45, 2.75) is 12.7 Å². The topological polar surface area (TPSA) is 53.2 Å². The number of ketones is 1. The van der Waals surface area contributed by atoms with Crippen LogP contribution in [0.1, 0.15) is 21.5 Å². The lowest BCUT2D eigenvalue weighted by Gasteiger charge is -2.01. The maximum Gasteiger partial charge on any atom is 0.207 e. The molecule has 0 saturated carbocycles. The third-order valence-electron chi connectivity index (χ3n) is 3.07. The molecule has 0 radical (unpaired) electrons. The van der Waals surface area contributed by atoms with Crippen LogP contribution in [0.2, 0.25) is 0 Å². The molecule has 2 aromatic rings. The third-order valence-corrected chi connectivity index (χ3v) is 5.09. The number of nitriles is 1. The van der Waals surface area contributed by atoms with E-state index in [9.17, 15) is 4.79 Å². The van der Waals surface area contributed by atoms with Crippen molar-refractivity contribution < 1.29 is 4.79 Å². The van der Waals surface area contributed by atoms with Crippen LogP contribution in [0, 0.1) is 18.4 Å². The maximum absolute atomic E-state index is 12.1. The SMILES string of the molecule is Cc1ccc(C(=O)C=CSC(=NC#N)SCc2ccccc2)cc1. The van der Waals surface area contributed by atoms with Gasteiger partial charge in [-0.2, -0.15) is 10.3 Å². The number of aliphatic imine (C=N–C) groups is 1. The molecule has 0 aliphatic heterocycles. The summed E-state index contributed by atoms with van der Waals surface area (Å²) in [6.45, 7) is 1.98. The molecule has 0 saturated heterocycles. The van der Waals surface area contributed by atoms with Gasteiger partial charge in [0.05, 0.1) is 0 Å². The summed E-state index contributed by atoms with van der Waals surface area (Å²) < 4.78 is 0.620. The van der Waals surface area contributed by atoms with E-state index in [4.69, 9.17) is 5.26 Å². The Bertz CT molecular complexity index is 775. The minimum atomic E-state index is -0.0631. The maximum atomic E-state index is 12.1. The van der Waals surface area contributed by atoms with Crippen molar-refractivity contribution in [3.63, 3.8) is 0 Å². The van der Waals surface area contributed by atoms with Gasteiger partial charge in [0.25, 0.3) is 0 Å². The average Bonchev–Trinajstić information content (AvgIpc) is 2.61. The highest BCUT2D eigenvalue weighted by molar-refractivity contribution is 8.39. The van der Waals surface area contributed by atoms with Gasteiger partial charge in [-0.25, -0.2) is 0 Å². The number of benzene rings is 2. The first-order chi connectivity index (χ1) is 11.7. The van der Waals surface area contributed by atoms with Gasteiger partial charge in [0, 0.05) is 11.3 Å². The fourth-order valence-electron chi connectivity index (χ4n) is 1.82. The zero-order valence-electron chi connectivity index (χ0n) is 13.2.